The smallest absolute Gasteiger partial charge is 0.243 e. The van der Waals surface area contributed by atoms with Crippen molar-refractivity contribution in [3.63, 3.8) is 0 Å². The van der Waals surface area contributed by atoms with Gasteiger partial charge in [-0.25, -0.2) is 16.8 Å². The number of rotatable bonds is 4. The summed E-state index contributed by atoms with van der Waals surface area (Å²) in [6.07, 6.45) is 3.99. The van der Waals surface area contributed by atoms with E-state index in [9.17, 15) is 16.8 Å². The normalized spacial score (nSPS) is 28.3. The molecule has 0 saturated carbocycles. The molecule has 1 unspecified atom stereocenters. The van der Waals surface area contributed by atoms with E-state index < -0.39 is 20.0 Å². The number of piperazine rings is 1. The second-order valence-electron chi connectivity index (χ2n) is 7.44. The molecule has 0 radical (unpaired) electrons. The Morgan fingerprint density at radius 3 is 1.96 bits per heavy atom. The highest BCUT2D eigenvalue weighted by Crippen LogP contribution is 2.24. The molecule has 144 valence electrons. The van der Waals surface area contributed by atoms with E-state index in [-0.39, 0.29) is 9.79 Å². The van der Waals surface area contributed by atoms with E-state index in [1.807, 2.05) is 0 Å². The van der Waals surface area contributed by atoms with Gasteiger partial charge in [-0.15, -0.1) is 0 Å². The van der Waals surface area contributed by atoms with Crippen molar-refractivity contribution in [3.8, 4) is 0 Å². The molecule has 2 atom stereocenters. The summed E-state index contributed by atoms with van der Waals surface area (Å²) in [5.74, 6) is 0. The Kier molecular flexibility index (Phi) is 4.85. The Bertz CT molecular complexity index is 862. The Hall–Kier alpha value is -1.00. The molecule has 1 aromatic rings. The number of fused-ring (bicyclic) bond motifs is 1. The summed E-state index contributed by atoms with van der Waals surface area (Å²) >= 11 is 0. The first-order valence-corrected chi connectivity index (χ1v) is 12.2. The van der Waals surface area contributed by atoms with Gasteiger partial charge in [-0.3, -0.25) is 0 Å². The molecule has 0 bridgehead atoms. The maximum atomic E-state index is 12.9. The fraction of sp³-hybridized carbons (Fsp3) is 0.647. The largest absolute Gasteiger partial charge is 0.330 e. The van der Waals surface area contributed by atoms with Crippen LogP contribution in [0.4, 0.5) is 0 Å². The van der Waals surface area contributed by atoms with Gasteiger partial charge in [0.2, 0.25) is 20.0 Å². The fourth-order valence-electron chi connectivity index (χ4n) is 4.37. The highest BCUT2D eigenvalue weighted by atomic mass is 32.2. The van der Waals surface area contributed by atoms with Gasteiger partial charge in [0.15, 0.2) is 0 Å². The van der Waals surface area contributed by atoms with Gasteiger partial charge in [-0.1, -0.05) is 0 Å². The lowest BCUT2D eigenvalue weighted by molar-refractivity contribution is -0.916. The molecule has 3 fully saturated rings. The average Bonchev–Trinajstić information content (AvgIpc) is 3.33. The molecule has 0 aliphatic carbocycles. The lowest BCUT2D eigenvalue weighted by atomic mass is 10.2. The quantitative estimate of drug-likeness (QED) is 0.741. The van der Waals surface area contributed by atoms with Crippen LogP contribution < -0.4 is 4.90 Å². The zero-order valence-corrected chi connectivity index (χ0v) is 16.4. The second-order valence-corrected chi connectivity index (χ2v) is 11.3. The molecule has 3 aliphatic heterocycles. The Labute approximate surface area is 155 Å². The Morgan fingerprint density at radius 2 is 1.35 bits per heavy atom. The van der Waals surface area contributed by atoms with Crippen molar-refractivity contribution in [1.82, 2.24) is 8.61 Å². The average molecular weight is 401 g/mol. The molecular weight excluding hydrogens is 374 g/mol. The molecule has 1 aromatic carbocycles. The Balaban J connectivity index is 1.54. The van der Waals surface area contributed by atoms with Gasteiger partial charge in [0, 0.05) is 25.9 Å². The number of sulfonamides is 2. The van der Waals surface area contributed by atoms with Crippen LogP contribution in [0.1, 0.15) is 25.7 Å². The first-order chi connectivity index (χ1) is 12.4. The summed E-state index contributed by atoms with van der Waals surface area (Å²) < 4.78 is 54.1. The number of hydrogen-bond donors (Lipinski definition) is 1. The van der Waals surface area contributed by atoms with Gasteiger partial charge in [0.05, 0.1) is 36.0 Å². The molecular formula is C17H26N3O4S2+. The lowest BCUT2D eigenvalue weighted by Crippen LogP contribution is -3.16. The van der Waals surface area contributed by atoms with E-state index in [0.29, 0.717) is 32.2 Å². The summed E-state index contributed by atoms with van der Waals surface area (Å²) in [5, 5.41) is 0. The molecule has 0 amide bonds. The van der Waals surface area contributed by atoms with Gasteiger partial charge in [0.1, 0.15) is 6.04 Å². The molecule has 0 aromatic heterocycles. The van der Waals surface area contributed by atoms with Crippen LogP contribution in [0.3, 0.4) is 0 Å². The fourth-order valence-corrected chi connectivity index (χ4v) is 7.37. The molecule has 3 heterocycles. The van der Waals surface area contributed by atoms with Gasteiger partial charge in [0.25, 0.3) is 0 Å². The molecule has 1 N–H and O–H groups in total. The van der Waals surface area contributed by atoms with Crippen LogP contribution in [0, 0.1) is 0 Å². The lowest BCUT2D eigenvalue weighted by Gasteiger charge is -2.34. The minimum Gasteiger partial charge on any atom is -0.330 e. The number of hydrogen-bond acceptors (Lipinski definition) is 4. The van der Waals surface area contributed by atoms with E-state index >= 15 is 0 Å². The number of quaternary nitrogens is 1. The van der Waals surface area contributed by atoms with Crippen molar-refractivity contribution in [3.05, 3.63) is 24.3 Å². The van der Waals surface area contributed by atoms with Crippen molar-refractivity contribution < 1.29 is 21.7 Å². The number of nitrogens with zero attached hydrogens (tertiary/aromatic N) is 2. The van der Waals surface area contributed by atoms with Gasteiger partial charge in [-0.05, 0) is 37.1 Å². The zero-order chi connectivity index (χ0) is 18.4. The standard InChI is InChI=1S/C17H25N3O4S2/c21-25(22,19-10-1-2-11-19)16-5-7-17(8-6-16)26(23,24)20-13-12-18-9-3-4-15(18)14-20/h5-8,15H,1-4,9-14H2/p+1/t15-/m1/s1. The minimum atomic E-state index is -3.57. The van der Waals surface area contributed by atoms with Gasteiger partial charge in [-0.2, -0.15) is 8.61 Å². The van der Waals surface area contributed by atoms with E-state index in [2.05, 4.69) is 0 Å². The second kappa shape index (κ2) is 6.87. The summed E-state index contributed by atoms with van der Waals surface area (Å²) in [6.45, 7) is 4.16. The van der Waals surface area contributed by atoms with E-state index in [0.717, 1.165) is 38.8 Å². The van der Waals surface area contributed by atoms with Crippen LogP contribution in [0.2, 0.25) is 0 Å². The van der Waals surface area contributed by atoms with Crippen LogP contribution >= 0.6 is 0 Å². The third-order valence-electron chi connectivity index (χ3n) is 5.90. The number of benzene rings is 1. The molecule has 0 spiro atoms. The first-order valence-electron chi connectivity index (χ1n) is 9.34. The molecule has 7 nitrogen and oxygen atoms in total. The van der Waals surface area contributed by atoms with E-state index in [1.54, 1.807) is 4.31 Å². The summed E-state index contributed by atoms with van der Waals surface area (Å²) in [7, 11) is -7.09. The van der Waals surface area contributed by atoms with E-state index in [1.165, 1.54) is 33.5 Å². The van der Waals surface area contributed by atoms with Crippen molar-refractivity contribution in [1.29, 1.82) is 0 Å². The van der Waals surface area contributed by atoms with Crippen molar-refractivity contribution >= 4 is 20.0 Å². The highest BCUT2D eigenvalue weighted by Gasteiger charge is 2.39. The maximum Gasteiger partial charge on any atom is 0.243 e. The van der Waals surface area contributed by atoms with Crippen molar-refractivity contribution in [2.75, 3.05) is 39.3 Å². The predicted octanol–water partition coefficient (Wildman–Crippen LogP) is -0.477. The molecule has 26 heavy (non-hydrogen) atoms. The topological polar surface area (TPSA) is 79.2 Å². The van der Waals surface area contributed by atoms with Crippen LogP contribution in [-0.2, 0) is 20.0 Å². The first kappa shape index (κ1) is 18.4. The monoisotopic (exact) mass is 400 g/mol. The van der Waals surface area contributed by atoms with Crippen LogP contribution in [-0.4, -0.2) is 70.8 Å². The molecule has 9 heteroatoms. The van der Waals surface area contributed by atoms with Gasteiger partial charge < -0.3 is 4.90 Å². The minimum absolute atomic E-state index is 0.170. The summed E-state index contributed by atoms with van der Waals surface area (Å²) in [4.78, 5) is 1.87. The molecule has 3 saturated heterocycles. The van der Waals surface area contributed by atoms with Gasteiger partial charge >= 0.3 is 0 Å². The highest BCUT2D eigenvalue weighted by molar-refractivity contribution is 7.89. The Morgan fingerprint density at radius 1 is 0.769 bits per heavy atom. The third-order valence-corrected chi connectivity index (χ3v) is 9.69. The molecule has 4 rings (SSSR count). The van der Waals surface area contributed by atoms with Crippen LogP contribution in [0.15, 0.2) is 34.1 Å². The maximum absolute atomic E-state index is 12.9. The van der Waals surface area contributed by atoms with Crippen LogP contribution in [0.5, 0.6) is 0 Å². The third kappa shape index (κ3) is 3.20. The molecule has 3 aliphatic rings. The summed E-state index contributed by atoms with van der Waals surface area (Å²) in [6, 6.07) is 6.13. The SMILES string of the molecule is O=S(=O)(c1ccc(S(=O)(=O)N2CC[NH+]3CCC[C@@H]3C2)cc1)N1CCCC1. The zero-order valence-electron chi connectivity index (χ0n) is 14.8. The van der Waals surface area contributed by atoms with E-state index in [4.69, 9.17) is 0 Å². The van der Waals surface area contributed by atoms with Crippen LogP contribution in [0.25, 0.3) is 0 Å². The number of nitrogens with one attached hydrogen (secondary N) is 1. The summed E-state index contributed by atoms with van der Waals surface area (Å²) in [5.41, 5.74) is 0. The van der Waals surface area contributed by atoms with Crippen molar-refractivity contribution in [2.24, 2.45) is 0 Å². The predicted molar refractivity (Wildman–Crippen MR) is 96.9 cm³/mol. The van der Waals surface area contributed by atoms with Crippen molar-refractivity contribution in [2.45, 2.75) is 41.5 Å².